The highest BCUT2D eigenvalue weighted by Crippen LogP contribution is 2.12. The predicted octanol–water partition coefficient (Wildman–Crippen LogP) is 1.90. The molecule has 1 rings (SSSR count). The summed E-state index contributed by atoms with van der Waals surface area (Å²) in [5.41, 5.74) is -0.473. The first-order valence-corrected chi connectivity index (χ1v) is 10.0. The smallest absolute Gasteiger partial charge is 0.407 e. The van der Waals surface area contributed by atoms with E-state index in [1.165, 1.54) is 0 Å². The number of hydrogen-bond acceptors (Lipinski definition) is 5. The van der Waals surface area contributed by atoms with Crippen LogP contribution < -0.4 is 16.0 Å². The van der Waals surface area contributed by atoms with E-state index in [0.29, 0.717) is 19.0 Å². The third-order valence-electron chi connectivity index (χ3n) is 3.75. The van der Waals surface area contributed by atoms with E-state index in [-0.39, 0.29) is 6.09 Å². The molecule has 0 saturated carbocycles. The molecule has 0 aromatic heterocycles. The third-order valence-corrected chi connectivity index (χ3v) is 3.75. The molecule has 0 aromatic carbocycles. The van der Waals surface area contributed by atoms with E-state index in [1.807, 2.05) is 27.7 Å². The third kappa shape index (κ3) is 13.3. The molecule has 1 aliphatic rings. The molecule has 27 heavy (non-hydrogen) atoms. The van der Waals surface area contributed by atoms with Crippen molar-refractivity contribution in [3.05, 3.63) is 0 Å². The van der Waals surface area contributed by atoms with Crippen LogP contribution in [0.1, 0.15) is 47.0 Å². The zero-order chi connectivity index (χ0) is 20.0. The van der Waals surface area contributed by atoms with E-state index in [1.54, 1.807) is 0 Å². The van der Waals surface area contributed by atoms with E-state index in [0.717, 1.165) is 64.7 Å². The van der Waals surface area contributed by atoms with Gasteiger partial charge in [-0.25, -0.2) is 4.79 Å². The average molecular weight is 387 g/mol. The van der Waals surface area contributed by atoms with Crippen LogP contribution >= 0.6 is 0 Å². The molecule has 0 spiro atoms. The Kier molecular flexibility index (Phi) is 11.8. The number of carbonyl (C=O) groups is 1. The molecule has 3 N–H and O–H groups in total. The first-order valence-electron chi connectivity index (χ1n) is 10.0. The van der Waals surface area contributed by atoms with Gasteiger partial charge in [0.1, 0.15) is 5.60 Å². The maximum atomic E-state index is 11.6. The Bertz CT molecular complexity index is 432. The van der Waals surface area contributed by atoms with Crippen LogP contribution in [0.25, 0.3) is 0 Å². The number of alkyl carbamates (subject to hydrolysis) is 1. The number of amides is 1. The molecular formula is C19H38N4O4. The zero-order valence-electron chi connectivity index (χ0n) is 17.4. The van der Waals surface area contributed by atoms with Crippen molar-refractivity contribution < 1.29 is 19.0 Å². The summed E-state index contributed by atoms with van der Waals surface area (Å²) in [5, 5.41) is 9.26. The minimum Gasteiger partial charge on any atom is -0.444 e. The molecule has 0 aliphatic carbocycles. The highest BCUT2D eigenvalue weighted by molar-refractivity contribution is 5.79. The molecule has 1 fully saturated rings. The Morgan fingerprint density at radius 3 is 2.63 bits per heavy atom. The van der Waals surface area contributed by atoms with Crippen LogP contribution in [0.15, 0.2) is 4.99 Å². The number of guanidine groups is 1. The quantitative estimate of drug-likeness (QED) is 0.285. The SMILES string of the molecule is CCNC(=NCCCNC(=O)OC(C)(C)C)NCCCOCC1CCOC1. The van der Waals surface area contributed by atoms with Crippen molar-refractivity contribution in [1.29, 1.82) is 0 Å². The molecule has 1 atom stereocenters. The standard InChI is InChI=1S/C19H38N4O4/c1-5-20-17(21-9-6-10-23-18(24)27-19(2,3)4)22-11-7-12-25-14-16-8-13-26-15-16/h16H,5-15H2,1-4H3,(H,23,24)(H2,20,21,22). The normalized spacial score (nSPS) is 17.6. The van der Waals surface area contributed by atoms with Crippen LogP contribution in [0, 0.1) is 5.92 Å². The maximum absolute atomic E-state index is 11.6. The van der Waals surface area contributed by atoms with Gasteiger partial charge < -0.3 is 30.2 Å². The fraction of sp³-hybridized carbons (Fsp3) is 0.895. The number of hydrogen-bond donors (Lipinski definition) is 3. The summed E-state index contributed by atoms with van der Waals surface area (Å²) in [6, 6.07) is 0. The summed E-state index contributed by atoms with van der Waals surface area (Å²) in [5.74, 6) is 1.35. The van der Waals surface area contributed by atoms with Crippen LogP contribution in [0.4, 0.5) is 4.79 Å². The number of nitrogens with one attached hydrogen (secondary N) is 3. The number of rotatable bonds is 11. The van der Waals surface area contributed by atoms with Gasteiger partial charge in [0.15, 0.2) is 5.96 Å². The topological polar surface area (TPSA) is 93.2 Å². The Hall–Kier alpha value is -1.54. The zero-order valence-corrected chi connectivity index (χ0v) is 17.4. The fourth-order valence-electron chi connectivity index (χ4n) is 2.46. The van der Waals surface area contributed by atoms with Gasteiger partial charge in [-0.1, -0.05) is 0 Å². The van der Waals surface area contributed by atoms with Crippen molar-refractivity contribution in [1.82, 2.24) is 16.0 Å². The largest absolute Gasteiger partial charge is 0.444 e. The summed E-state index contributed by atoms with van der Waals surface area (Å²) >= 11 is 0. The molecule has 0 bridgehead atoms. The van der Waals surface area contributed by atoms with E-state index in [2.05, 4.69) is 20.9 Å². The molecule has 1 aliphatic heterocycles. The summed E-state index contributed by atoms with van der Waals surface area (Å²) < 4.78 is 16.2. The van der Waals surface area contributed by atoms with Gasteiger partial charge in [-0.05, 0) is 47.0 Å². The van der Waals surface area contributed by atoms with Crippen molar-refractivity contribution in [2.24, 2.45) is 10.9 Å². The van der Waals surface area contributed by atoms with Gasteiger partial charge in [0.05, 0.1) is 13.2 Å². The summed E-state index contributed by atoms with van der Waals surface area (Å²) in [6.07, 6.45) is 2.40. The minimum atomic E-state index is -0.473. The molecule has 8 heteroatoms. The maximum Gasteiger partial charge on any atom is 0.407 e. The predicted molar refractivity (Wildman–Crippen MR) is 107 cm³/mol. The summed E-state index contributed by atoms with van der Waals surface area (Å²) in [4.78, 5) is 16.1. The summed E-state index contributed by atoms with van der Waals surface area (Å²) in [7, 11) is 0. The van der Waals surface area contributed by atoms with Gasteiger partial charge in [-0.2, -0.15) is 0 Å². The van der Waals surface area contributed by atoms with Crippen molar-refractivity contribution in [2.75, 3.05) is 52.6 Å². The highest BCUT2D eigenvalue weighted by atomic mass is 16.6. The van der Waals surface area contributed by atoms with E-state index in [9.17, 15) is 4.79 Å². The number of aliphatic imine (C=N–C) groups is 1. The van der Waals surface area contributed by atoms with Crippen molar-refractivity contribution in [3.63, 3.8) is 0 Å². The molecule has 158 valence electrons. The van der Waals surface area contributed by atoms with Crippen molar-refractivity contribution >= 4 is 12.1 Å². The summed E-state index contributed by atoms with van der Waals surface area (Å²) in [6.45, 7) is 13.6. The molecule has 8 nitrogen and oxygen atoms in total. The number of carbonyl (C=O) groups excluding carboxylic acids is 1. The minimum absolute atomic E-state index is 0.388. The van der Waals surface area contributed by atoms with Crippen molar-refractivity contribution in [3.8, 4) is 0 Å². The van der Waals surface area contributed by atoms with Gasteiger partial charge in [0.25, 0.3) is 0 Å². The van der Waals surface area contributed by atoms with Gasteiger partial charge in [0.2, 0.25) is 0 Å². The first-order chi connectivity index (χ1) is 12.9. The van der Waals surface area contributed by atoms with E-state index in [4.69, 9.17) is 14.2 Å². The lowest BCUT2D eigenvalue weighted by atomic mass is 10.1. The molecular weight excluding hydrogens is 348 g/mol. The van der Waals surface area contributed by atoms with Crippen LogP contribution in [-0.2, 0) is 14.2 Å². The average Bonchev–Trinajstić information content (AvgIpc) is 3.09. The lowest BCUT2D eigenvalue weighted by Gasteiger charge is -2.19. The van der Waals surface area contributed by atoms with E-state index < -0.39 is 5.60 Å². The van der Waals surface area contributed by atoms with Gasteiger partial charge in [-0.15, -0.1) is 0 Å². The Labute approximate surface area is 163 Å². The monoisotopic (exact) mass is 386 g/mol. The number of ether oxygens (including phenoxy) is 3. The van der Waals surface area contributed by atoms with Crippen LogP contribution in [0.3, 0.4) is 0 Å². The van der Waals surface area contributed by atoms with E-state index >= 15 is 0 Å². The molecule has 1 heterocycles. The second-order valence-corrected chi connectivity index (χ2v) is 7.63. The Morgan fingerprint density at radius 2 is 1.96 bits per heavy atom. The van der Waals surface area contributed by atoms with Gasteiger partial charge in [0, 0.05) is 45.3 Å². The number of nitrogens with zero attached hydrogens (tertiary/aromatic N) is 1. The first kappa shape index (κ1) is 23.5. The second kappa shape index (κ2) is 13.6. The Balaban J connectivity index is 2.07. The van der Waals surface area contributed by atoms with Crippen LogP contribution in [0.5, 0.6) is 0 Å². The lowest BCUT2D eigenvalue weighted by Crippen LogP contribution is -2.38. The van der Waals surface area contributed by atoms with Crippen molar-refractivity contribution in [2.45, 2.75) is 52.6 Å². The lowest BCUT2D eigenvalue weighted by molar-refractivity contribution is 0.0527. The second-order valence-electron chi connectivity index (χ2n) is 7.63. The molecule has 0 aromatic rings. The molecule has 1 saturated heterocycles. The highest BCUT2D eigenvalue weighted by Gasteiger charge is 2.16. The van der Waals surface area contributed by atoms with Gasteiger partial charge >= 0.3 is 6.09 Å². The molecule has 1 unspecified atom stereocenters. The molecule has 0 radical (unpaired) electrons. The van der Waals surface area contributed by atoms with Crippen LogP contribution in [-0.4, -0.2) is 70.3 Å². The Morgan fingerprint density at radius 1 is 1.19 bits per heavy atom. The molecule has 1 amide bonds. The van der Waals surface area contributed by atoms with Crippen LogP contribution in [0.2, 0.25) is 0 Å². The van der Waals surface area contributed by atoms with Gasteiger partial charge in [-0.3, -0.25) is 4.99 Å². The fourth-order valence-corrected chi connectivity index (χ4v) is 2.46.